The number of aromatic nitrogens is 1. The Morgan fingerprint density at radius 3 is 2.55 bits per heavy atom. The first-order valence-electron chi connectivity index (χ1n) is 9.77. The molecule has 1 amide bonds. The molecule has 0 bridgehead atoms. The van der Waals surface area contributed by atoms with Crippen molar-refractivity contribution < 1.29 is 26.4 Å². The van der Waals surface area contributed by atoms with Crippen LogP contribution in [0.3, 0.4) is 0 Å². The van der Waals surface area contributed by atoms with Crippen LogP contribution in [0.4, 0.5) is 18.3 Å². The van der Waals surface area contributed by atoms with E-state index in [1.54, 1.807) is 0 Å². The first kappa shape index (κ1) is 23.6. The van der Waals surface area contributed by atoms with Crippen molar-refractivity contribution in [3.05, 3.63) is 40.9 Å². The molecule has 0 spiro atoms. The third-order valence-corrected chi connectivity index (χ3v) is 6.93. The maximum absolute atomic E-state index is 12.5. The van der Waals surface area contributed by atoms with Crippen molar-refractivity contribution in [2.24, 2.45) is 0 Å². The highest BCUT2D eigenvalue weighted by molar-refractivity contribution is 7.89. The molecule has 7 nitrogen and oxygen atoms in total. The number of rotatable bonds is 7. The van der Waals surface area contributed by atoms with Crippen LogP contribution in [0.25, 0.3) is 0 Å². The van der Waals surface area contributed by atoms with E-state index in [9.17, 15) is 26.4 Å². The predicted octanol–water partition coefficient (Wildman–Crippen LogP) is 3.61. The molecule has 0 atom stereocenters. The van der Waals surface area contributed by atoms with Crippen molar-refractivity contribution in [3.8, 4) is 0 Å². The number of thiazole rings is 1. The van der Waals surface area contributed by atoms with Crippen LogP contribution in [-0.4, -0.2) is 50.0 Å². The third-order valence-electron chi connectivity index (χ3n) is 4.73. The highest BCUT2D eigenvalue weighted by atomic mass is 32.2. The van der Waals surface area contributed by atoms with Crippen LogP contribution in [-0.2, 0) is 16.6 Å². The summed E-state index contributed by atoms with van der Waals surface area (Å²) in [7, 11) is -4.41. The van der Waals surface area contributed by atoms with E-state index >= 15 is 0 Å². The number of alkyl halides is 3. The van der Waals surface area contributed by atoms with Gasteiger partial charge in [-0.15, -0.1) is 11.3 Å². The second kappa shape index (κ2) is 10.1. The summed E-state index contributed by atoms with van der Waals surface area (Å²) >= 11 is 1.26. The van der Waals surface area contributed by atoms with Crippen LogP contribution in [0.1, 0.15) is 41.7 Å². The van der Waals surface area contributed by atoms with E-state index in [1.165, 1.54) is 41.0 Å². The van der Waals surface area contributed by atoms with Crippen molar-refractivity contribution in [1.82, 2.24) is 14.6 Å². The van der Waals surface area contributed by atoms with E-state index in [0.29, 0.717) is 11.7 Å². The van der Waals surface area contributed by atoms with E-state index in [-0.39, 0.29) is 5.56 Å². The van der Waals surface area contributed by atoms with Crippen LogP contribution in [0.5, 0.6) is 0 Å². The SMILES string of the molecule is O=C(Nc1nc(CN2CCCCCC2)cs1)c1cccc(S(=O)(=O)NCC(F)(F)F)c1. The number of sulfonamides is 1. The smallest absolute Gasteiger partial charge is 0.298 e. The molecule has 0 unspecified atom stereocenters. The van der Waals surface area contributed by atoms with Crippen LogP contribution < -0.4 is 10.0 Å². The number of hydrogen-bond donors (Lipinski definition) is 2. The average molecular weight is 477 g/mol. The summed E-state index contributed by atoms with van der Waals surface area (Å²) in [6.45, 7) is 1.04. The topological polar surface area (TPSA) is 91.4 Å². The molecule has 1 saturated heterocycles. The van der Waals surface area contributed by atoms with Gasteiger partial charge < -0.3 is 0 Å². The molecule has 1 aromatic heterocycles. The molecule has 1 aliphatic heterocycles. The zero-order valence-corrected chi connectivity index (χ0v) is 18.2. The summed E-state index contributed by atoms with van der Waals surface area (Å²) in [6, 6.07) is 4.82. The molecule has 170 valence electrons. The standard InChI is InChI=1S/C19H23F3N4O3S2/c20-19(21,22)13-23-31(28,29)16-7-5-6-14(10-16)17(27)25-18-24-15(12-30-18)11-26-8-3-1-2-4-9-26/h5-7,10,12,23H,1-4,8-9,11,13H2,(H,24,25,27). The van der Waals surface area contributed by atoms with Gasteiger partial charge in [-0.2, -0.15) is 13.2 Å². The summed E-state index contributed by atoms with van der Waals surface area (Å²) in [6.07, 6.45) is 0.0955. The predicted molar refractivity (Wildman–Crippen MR) is 111 cm³/mol. The lowest BCUT2D eigenvalue weighted by Gasteiger charge is -2.17. The Hall–Kier alpha value is -2.02. The lowest BCUT2D eigenvalue weighted by Crippen LogP contribution is -2.33. The van der Waals surface area contributed by atoms with Gasteiger partial charge in [0, 0.05) is 17.5 Å². The Morgan fingerprint density at radius 2 is 1.87 bits per heavy atom. The van der Waals surface area contributed by atoms with E-state index < -0.39 is 33.5 Å². The number of benzene rings is 1. The Morgan fingerprint density at radius 1 is 1.16 bits per heavy atom. The van der Waals surface area contributed by atoms with Gasteiger partial charge in [-0.1, -0.05) is 18.9 Å². The Balaban J connectivity index is 1.63. The van der Waals surface area contributed by atoms with Gasteiger partial charge in [-0.05, 0) is 44.1 Å². The lowest BCUT2D eigenvalue weighted by molar-refractivity contribution is -0.121. The van der Waals surface area contributed by atoms with Crippen LogP contribution in [0, 0.1) is 0 Å². The number of hydrogen-bond acceptors (Lipinski definition) is 6. The minimum atomic E-state index is -4.68. The third kappa shape index (κ3) is 7.27. The van der Waals surface area contributed by atoms with E-state index in [1.807, 2.05) is 5.38 Å². The molecule has 0 saturated carbocycles. The highest BCUT2D eigenvalue weighted by Gasteiger charge is 2.30. The summed E-state index contributed by atoms with van der Waals surface area (Å²) in [5, 5.41) is 4.85. The number of likely N-dealkylation sites (tertiary alicyclic amines) is 1. The number of carbonyl (C=O) groups excluding carboxylic acids is 1. The van der Waals surface area contributed by atoms with Gasteiger partial charge in [0.1, 0.15) is 6.54 Å². The van der Waals surface area contributed by atoms with Crippen molar-refractivity contribution >= 4 is 32.4 Å². The fraction of sp³-hybridized carbons (Fsp3) is 0.474. The number of anilines is 1. The fourth-order valence-electron chi connectivity index (χ4n) is 3.19. The first-order chi connectivity index (χ1) is 14.6. The van der Waals surface area contributed by atoms with Gasteiger partial charge in [0.2, 0.25) is 10.0 Å². The summed E-state index contributed by atoms with van der Waals surface area (Å²) in [5.41, 5.74) is 0.842. The van der Waals surface area contributed by atoms with Gasteiger partial charge in [0.25, 0.3) is 5.91 Å². The molecule has 0 radical (unpaired) electrons. The Bertz CT molecular complexity index is 1000. The quantitative estimate of drug-likeness (QED) is 0.637. The average Bonchev–Trinajstić information content (AvgIpc) is 2.98. The number of halogens is 3. The van der Waals surface area contributed by atoms with Gasteiger partial charge in [0.15, 0.2) is 5.13 Å². The van der Waals surface area contributed by atoms with Crippen LogP contribution in [0.15, 0.2) is 34.5 Å². The van der Waals surface area contributed by atoms with Crippen LogP contribution in [0.2, 0.25) is 0 Å². The van der Waals surface area contributed by atoms with Gasteiger partial charge >= 0.3 is 6.18 Å². The number of nitrogens with zero attached hydrogens (tertiary/aromatic N) is 2. The molecule has 0 aliphatic carbocycles. The molecular weight excluding hydrogens is 453 g/mol. The minimum absolute atomic E-state index is 0.000785. The molecule has 2 N–H and O–H groups in total. The molecule has 12 heteroatoms. The molecule has 1 aliphatic rings. The number of nitrogens with one attached hydrogen (secondary N) is 2. The van der Waals surface area contributed by atoms with Gasteiger partial charge in [-0.3, -0.25) is 15.0 Å². The monoisotopic (exact) mass is 476 g/mol. The lowest BCUT2D eigenvalue weighted by atomic mass is 10.2. The largest absolute Gasteiger partial charge is 0.402 e. The molecule has 3 rings (SSSR count). The summed E-state index contributed by atoms with van der Waals surface area (Å²) < 4.78 is 62.6. The maximum atomic E-state index is 12.5. The second-order valence-corrected chi connectivity index (χ2v) is 9.88. The van der Waals surface area contributed by atoms with Crippen molar-refractivity contribution in [2.75, 3.05) is 25.0 Å². The summed E-state index contributed by atoms with van der Waals surface area (Å²) in [5.74, 6) is -0.594. The van der Waals surface area contributed by atoms with Gasteiger partial charge in [0.05, 0.1) is 10.6 Å². The van der Waals surface area contributed by atoms with E-state index in [0.717, 1.165) is 43.8 Å². The second-order valence-electron chi connectivity index (χ2n) is 7.26. The summed E-state index contributed by atoms with van der Waals surface area (Å²) in [4.78, 5) is 18.8. The van der Waals surface area contributed by atoms with Gasteiger partial charge in [-0.25, -0.2) is 18.1 Å². The number of carbonyl (C=O) groups is 1. The molecule has 31 heavy (non-hydrogen) atoms. The maximum Gasteiger partial charge on any atom is 0.402 e. The van der Waals surface area contributed by atoms with Crippen molar-refractivity contribution in [2.45, 2.75) is 43.3 Å². The fourth-order valence-corrected chi connectivity index (χ4v) is 4.95. The molecular formula is C19H23F3N4O3S2. The minimum Gasteiger partial charge on any atom is -0.298 e. The zero-order chi connectivity index (χ0) is 22.5. The first-order valence-corrected chi connectivity index (χ1v) is 12.1. The molecule has 1 fully saturated rings. The zero-order valence-electron chi connectivity index (χ0n) is 16.6. The van der Waals surface area contributed by atoms with E-state index in [2.05, 4.69) is 15.2 Å². The molecule has 2 heterocycles. The highest BCUT2D eigenvalue weighted by Crippen LogP contribution is 2.21. The Kier molecular flexibility index (Phi) is 7.68. The normalized spacial score (nSPS) is 16.1. The molecule has 1 aromatic carbocycles. The van der Waals surface area contributed by atoms with Crippen molar-refractivity contribution in [3.63, 3.8) is 0 Å². The Labute approximate surface area is 182 Å². The molecule has 2 aromatic rings. The van der Waals surface area contributed by atoms with Crippen molar-refractivity contribution in [1.29, 1.82) is 0 Å². The van der Waals surface area contributed by atoms with E-state index in [4.69, 9.17) is 0 Å². The van der Waals surface area contributed by atoms with Crippen LogP contribution >= 0.6 is 11.3 Å². The number of amides is 1.